The summed E-state index contributed by atoms with van der Waals surface area (Å²) in [5.74, 6) is -0.469. The molecule has 3 rings (SSSR count). The van der Waals surface area contributed by atoms with Crippen LogP contribution in [0.2, 0.25) is 10.0 Å². The van der Waals surface area contributed by atoms with Gasteiger partial charge in [-0.2, -0.15) is 0 Å². The van der Waals surface area contributed by atoms with Crippen molar-refractivity contribution in [3.63, 3.8) is 0 Å². The first-order chi connectivity index (χ1) is 17.2. The van der Waals surface area contributed by atoms with Crippen molar-refractivity contribution in [3.05, 3.63) is 99.8 Å². The third kappa shape index (κ3) is 8.25. The third-order valence-corrected chi connectivity index (χ3v) is 6.21. The first-order valence-electron chi connectivity index (χ1n) is 11.7. The van der Waals surface area contributed by atoms with E-state index in [1.54, 1.807) is 18.2 Å². The van der Waals surface area contributed by atoms with Gasteiger partial charge in [0.25, 0.3) is 5.91 Å². The van der Waals surface area contributed by atoms with Gasteiger partial charge in [0.2, 0.25) is 5.91 Å². The van der Waals surface area contributed by atoms with Crippen LogP contribution in [0.25, 0.3) is 0 Å². The van der Waals surface area contributed by atoms with E-state index in [-0.39, 0.29) is 25.0 Å². The van der Waals surface area contributed by atoms with Crippen LogP contribution in [-0.2, 0) is 22.6 Å². The molecule has 0 aromatic heterocycles. The van der Waals surface area contributed by atoms with Crippen LogP contribution < -0.4 is 10.1 Å². The molecule has 0 saturated carbocycles. The zero-order chi connectivity index (χ0) is 26.1. The van der Waals surface area contributed by atoms with Crippen molar-refractivity contribution < 1.29 is 18.7 Å². The second-order valence-corrected chi connectivity index (χ2v) is 9.67. The van der Waals surface area contributed by atoms with Gasteiger partial charge in [0.05, 0.1) is 10.0 Å². The first-order valence-corrected chi connectivity index (χ1v) is 12.4. The van der Waals surface area contributed by atoms with E-state index in [4.69, 9.17) is 27.9 Å². The molecule has 36 heavy (non-hydrogen) atoms. The molecule has 1 atom stereocenters. The van der Waals surface area contributed by atoms with E-state index in [2.05, 4.69) is 5.32 Å². The topological polar surface area (TPSA) is 58.6 Å². The number of nitrogens with one attached hydrogen (secondary N) is 1. The molecular weight excluding hydrogens is 502 g/mol. The Morgan fingerprint density at radius 1 is 0.944 bits per heavy atom. The van der Waals surface area contributed by atoms with Gasteiger partial charge in [-0.15, -0.1) is 0 Å². The van der Waals surface area contributed by atoms with Crippen molar-refractivity contribution >= 4 is 35.0 Å². The molecule has 0 spiro atoms. The van der Waals surface area contributed by atoms with Crippen LogP contribution in [0.15, 0.2) is 72.8 Å². The number of benzene rings is 3. The SMILES string of the molecule is CC(C)CNC(=O)[C@H](Cc1ccccc1)N(Cc1ccc(Cl)c(Cl)c1)C(=O)COc1ccc(F)cc1. The second kappa shape index (κ2) is 13.3. The molecule has 5 nitrogen and oxygen atoms in total. The molecule has 1 N–H and O–H groups in total. The second-order valence-electron chi connectivity index (χ2n) is 8.86. The molecule has 3 aromatic carbocycles. The number of nitrogens with zero attached hydrogens (tertiary/aromatic N) is 1. The van der Waals surface area contributed by atoms with Crippen molar-refractivity contribution in [2.24, 2.45) is 5.92 Å². The molecule has 0 aliphatic heterocycles. The predicted octanol–water partition coefficient (Wildman–Crippen LogP) is 5.92. The monoisotopic (exact) mass is 530 g/mol. The predicted molar refractivity (Wildman–Crippen MR) is 141 cm³/mol. The van der Waals surface area contributed by atoms with Gasteiger partial charge in [0, 0.05) is 19.5 Å². The summed E-state index contributed by atoms with van der Waals surface area (Å²) in [5, 5.41) is 3.71. The molecule has 2 amide bonds. The molecule has 190 valence electrons. The van der Waals surface area contributed by atoms with Crippen LogP contribution in [0, 0.1) is 11.7 Å². The highest BCUT2D eigenvalue weighted by atomic mass is 35.5. The number of hydrogen-bond donors (Lipinski definition) is 1. The van der Waals surface area contributed by atoms with Crippen LogP contribution in [0.5, 0.6) is 5.75 Å². The zero-order valence-corrected chi connectivity index (χ0v) is 21.7. The number of carbonyl (C=O) groups excluding carboxylic acids is 2. The minimum Gasteiger partial charge on any atom is -0.484 e. The molecule has 0 aliphatic carbocycles. The molecule has 0 radical (unpaired) electrons. The Labute approximate surface area is 221 Å². The summed E-state index contributed by atoms with van der Waals surface area (Å²) in [5.41, 5.74) is 1.63. The number of ether oxygens (including phenoxy) is 1. The molecule has 3 aromatic rings. The summed E-state index contributed by atoms with van der Waals surface area (Å²) in [6.07, 6.45) is 0.314. The van der Waals surface area contributed by atoms with Gasteiger partial charge in [0.1, 0.15) is 17.6 Å². The van der Waals surface area contributed by atoms with E-state index in [1.165, 1.54) is 29.2 Å². The zero-order valence-electron chi connectivity index (χ0n) is 20.2. The highest BCUT2D eigenvalue weighted by molar-refractivity contribution is 6.42. The van der Waals surface area contributed by atoms with Crippen molar-refractivity contribution in [1.82, 2.24) is 10.2 Å². The van der Waals surface area contributed by atoms with Gasteiger partial charge in [-0.3, -0.25) is 9.59 Å². The average molecular weight is 531 g/mol. The Balaban J connectivity index is 1.91. The van der Waals surface area contributed by atoms with Gasteiger partial charge < -0.3 is 15.0 Å². The van der Waals surface area contributed by atoms with Crippen molar-refractivity contribution in [2.45, 2.75) is 32.9 Å². The average Bonchev–Trinajstić information content (AvgIpc) is 2.86. The van der Waals surface area contributed by atoms with Gasteiger partial charge in [-0.1, -0.05) is 73.4 Å². The van der Waals surface area contributed by atoms with Crippen molar-refractivity contribution in [1.29, 1.82) is 0 Å². The lowest BCUT2D eigenvalue weighted by Gasteiger charge is -2.31. The van der Waals surface area contributed by atoms with Gasteiger partial charge in [-0.05, 0) is 53.4 Å². The Bertz CT molecular complexity index is 1160. The molecule has 0 fully saturated rings. The summed E-state index contributed by atoms with van der Waals surface area (Å²) in [4.78, 5) is 28.4. The quantitative estimate of drug-likeness (QED) is 0.334. The Hall–Kier alpha value is -3.09. The summed E-state index contributed by atoms with van der Waals surface area (Å²) in [6.45, 7) is 4.28. The minimum absolute atomic E-state index is 0.120. The largest absolute Gasteiger partial charge is 0.484 e. The number of amides is 2. The van der Waals surface area contributed by atoms with Crippen LogP contribution in [0.1, 0.15) is 25.0 Å². The van der Waals surface area contributed by atoms with Gasteiger partial charge in [-0.25, -0.2) is 4.39 Å². The van der Waals surface area contributed by atoms with Crippen LogP contribution in [-0.4, -0.2) is 35.9 Å². The lowest BCUT2D eigenvalue weighted by atomic mass is 10.0. The summed E-state index contributed by atoms with van der Waals surface area (Å²) in [6, 6.07) is 19.2. The maximum atomic E-state index is 13.5. The minimum atomic E-state index is -0.801. The standard InChI is InChI=1S/C28H29Cl2FN2O3/c1-19(2)16-32-28(35)26(15-20-6-4-3-5-7-20)33(17-21-8-13-24(29)25(30)14-21)27(34)18-36-23-11-9-22(31)10-12-23/h3-14,19,26H,15-18H2,1-2H3,(H,32,35)/t26-/m0/s1. The van der Waals surface area contributed by atoms with Crippen LogP contribution >= 0.6 is 23.2 Å². The van der Waals surface area contributed by atoms with Crippen LogP contribution in [0.4, 0.5) is 4.39 Å². The summed E-state index contributed by atoms with van der Waals surface area (Å²) < 4.78 is 18.9. The fourth-order valence-corrected chi connectivity index (χ4v) is 3.89. The fourth-order valence-electron chi connectivity index (χ4n) is 3.57. The first kappa shape index (κ1) is 27.5. The molecule has 0 aliphatic rings. The van der Waals surface area contributed by atoms with E-state index in [9.17, 15) is 14.0 Å². The van der Waals surface area contributed by atoms with Crippen molar-refractivity contribution in [2.75, 3.05) is 13.2 Å². The summed E-state index contributed by atoms with van der Waals surface area (Å²) in [7, 11) is 0. The van der Waals surface area contributed by atoms with Crippen molar-refractivity contribution in [3.8, 4) is 5.75 Å². The normalized spacial score (nSPS) is 11.7. The molecule has 0 unspecified atom stereocenters. The van der Waals surface area contributed by atoms with Gasteiger partial charge >= 0.3 is 0 Å². The molecule has 8 heteroatoms. The molecule has 0 saturated heterocycles. The number of halogens is 3. The van der Waals surface area contributed by atoms with E-state index in [1.807, 2.05) is 44.2 Å². The maximum absolute atomic E-state index is 13.5. The smallest absolute Gasteiger partial charge is 0.261 e. The number of carbonyl (C=O) groups is 2. The Kier molecular flexibility index (Phi) is 10.1. The highest BCUT2D eigenvalue weighted by Gasteiger charge is 2.31. The summed E-state index contributed by atoms with van der Waals surface area (Å²) >= 11 is 12.3. The van der Waals surface area contributed by atoms with Crippen LogP contribution in [0.3, 0.4) is 0 Å². The third-order valence-electron chi connectivity index (χ3n) is 5.47. The lowest BCUT2D eigenvalue weighted by Crippen LogP contribution is -2.52. The number of rotatable bonds is 11. The maximum Gasteiger partial charge on any atom is 0.261 e. The van der Waals surface area contributed by atoms with E-state index in [0.717, 1.165) is 5.56 Å². The highest BCUT2D eigenvalue weighted by Crippen LogP contribution is 2.24. The molecule has 0 bridgehead atoms. The van der Waals surface area contributed by atoms with E-state index >= 15 is 0 Å². The molecule has 0 heterocycles. The van der Waals surface area contributed by atoms with E-state index in [0.29, 0.717) is 34.3 Å². The number of hydrogen-bond acceptors (Lipinski definition) is 3. The molecular formula is C28H29Cl2FN2O3. The Morgan fingerprint density at radius 3 is 2.28 bits per heavy atom. The van der Waals surface area contributed by atoms with E-state index < -0.39 is 17.8 Å². The Morgan fingerprint density at radius 2 is 1.64 bits per heavy atom. The lowest BCUT2D eigenvalue weighted by molar-refractivity contribution is -0.142. The fraction of sp³-hybridized carbons (Fsp3) is 0.286. The van der Waals surface area contributed by atoms with Gasteiger partial charge in [0.15, 0.2) is 6.61 Å².